The standard InChI is InChI=1S/C20H23N3O2/c1-14(24)16-9-5-6-10-19(16)22-20(25)13-23-11-17(18(21)12-23)15-7-3-2-4-8-15/h2-10,17-18H,11-13,21H2,1H3,(H,22,25)/t17-,18+/m0/s1. The van der Waals surface area contributed by atoms with Crippen LogP contribution in [0.25, 0.3) is 0 Å². The smallest absolute Gasteiger partial charge is 0.238 e. The fourth-order valence-corrected chi connectivity index (χ4v) is 3.39. The number of nitrogens with zero attached hydrogens (tertiary/aromatic N) is 1. The van der Waals surface area contributed by atoms with E-state index in [1.807, 2.05) is 18.2 Å². The highest BCUT2D eigenvalue weighted by Gasteiger charge is 2.32. The monoisotopic (exact) mass is 337 g/mol. The molecule has 2 atom stereocenters. The summed E-state index contributed by atoms with van der Waals surface area (Å²) in [6.07, 6.45) is 0. The van der Waals surface area contributed by atoms with Crippen molar-refractivity contribution in [2.45, 2.75) is 18.9 Å². The molecule has 3 N–H and O–H groups in total. The van der Waals surface area contributed by atoms with Crippen LogP contribution in [-0.4, -0.2) is 42.3 Å². The number of ketones is 1. The first-order valence-electron chi connectivity index (χ1n) is 8.47. The van der Waals surface area contributed by atoms with Crippen molar-refractivity contribution >= 4 is 17.4 Å². The van der Waals surface area contributed by atoms with Crippen molar-refractivity contribution in [2.75, 3.05) is 25.0 Å². The second-order valence-corrected chi connectivity index (χ2v) is 6.53. The van der Waals surface area contributed by atoms with Crippen LogP contribution < -0.4 is 11.1 Å². The summed E-state index contributed by atoms with van der Waals surface area (Å²) in [5, 5.41) is 2.85. The number of hydrogen-bond acceptors (Lipinski definition) is 4. The van der Waals surface area contributed by atoms with E-state index in [0.717, 1.165) is 6.54 Å². The quantitative estimate of drug-likeness (QED) is 0.821. The third kappa shape index (κ3) is 4.13. The Bertz CT molecular complexity index is 761. The summed E-state index contributed by atoms with van der Waals surface area (Å²) < 4.78 is 0. The largest absolute Gasteiger partial charge is 0.326 e. The molecule has 0 saturated carbocycles. The Morgan fingerprint density at radius 3 is 2.48 bits per heavy atom. The summed E-state index contributed by atoms with van der Waals surface area (Å²) in [6, 6.07) is 17.2. The zero-order valence-electron chi connectivity index (χ0n) is 14.3. The van der Waals surface area contributed by atoms with Gasteiger partial charge in [0.1, 0.15) is 0 Å². The summed E-state index contributed by atoms with van der Waals surface area (Å²) >= 11 is 0. The van der Waals surface area contributed by atoms with Gasteiger partial charge < -0.3 is 11.1 Å². The van der Waals surface area contributed by atoms with Crippen LogP contribution in [-0.2, 0) is 4.79 Å². The number of Topliss-reactive ketones (excluding diaryl/α,β-unsaturated/α-hetero) is 1. The van der Waals surface area contributed by atoms with Gasteiger partial charge in [0.2, 0.25) is 5.91 Å². The molecule has 1 aliphatic heterocycles. The van der Waals surface area contributed by atoms with E-state index in [1.54, 1.807) is 24.3 Å². The Labute approximate surface area is 147 Å². The lowest BCUT2D eigenvalue weighted by Crippen LogP contribution is -2.34. The molecule has 0 radical (unpaired) electrons. The second-order valence-electron chi connectivity index (χ2n) is 6.53. The van der Waals surface area contributed by atoms with E-state index in [0.29, 0.717) is 17.8 Å². The maximum atomic E-state index is 12.4. The molecule has 0 bridgehead atoms. The van der Waals surface area contributed by atoms with Crippen LogP contribution in [0.4, 0.5) is 5.69 Å². The Balaban J connectivity index is 1.62. The van der Waals surface area contributed by atoms with Gasteiger partial charge in [-0.25, -0.2) is 0 Å². The molecule has 0 spiro atoms. The molecule has 2 aromatic carbocycles. The molecule has 130 valence electrons. The lowest BCUT2D eigenvalue weighted by molar-refractivity contribution is -0.117. The highest BCUT2D eigenvalue weighted by atomic mass is 16.2. The van der Waals surface area contributed by atoms with Crippen LogP contribution in [0.15, 0.2) is 54.6 Å². The molecular formula is C20H23N3O2. The number of para-hydroxylation sites is 1. The van der Waals surface area contributed by atoms with Gasteiger partial charge >= 0.3 is 0 Å². The minimum absolute atomic E-state index is 0.0136. The van der Waals surface area contributed by atoms with Crippen LogP contribution >= 0.6 is 0 Å². The number of nitrogens with one attached hydrogen (secondary N) is 1. The topological polar surface area (TPSA) is 75.4 Å². The minimum atomic E-state index is -0.130. The second kappa shape index (κ2) is 7.59. The van der Waals surface area contributed by atoms with Crippen LogP contribution in [0.1, 0.15) is 28.8 Å². The Morgan fingerprint density at radius 2 is 1.76 bits per heavy atom. The van der Waals surface area contributed by atoms with Gasteiger partial charge in [0, 0.05) is 30.6 Å². The number of nitrogens with two attached hydrogens (primary N) is 1. The van der Waals surface area contributed by atoms with Gasteiger partial charge in [-0.3, -0.25) is 14.5 Å². The van der Waals surface area contributed by atoms with E-state index >= 15 is 0 Å². The van der Waals surface area contributed by atoms with Crippen molar-refractivity contribution in [3.8, 4) is 0 Å². The van der Waals surface area contributed by atoms with Gasteiger partial charge in [-0.05, 0) is 24.6 Å². The lowest BCUT2D eigenvalue weighted by Gasteiger charge is -2.16. The van der Waals surface area contributed by atoms with Gasteiger partial charge in [0.05, 0.1) is 12.2 Å². The molecule has 1 saturated heterocycles. The molecule has 1 heterocycles. The van der Waals surface area contributed by atoms with Crippen LogP contribution in [0.5, 0.6) is 0 Å². The van der Waals surface area contributed by atoms with Crippen LogP contribution in [0, 0.1) is 0 Å². The number of carbonyl (C=O) groups excluding carboxylic acids is 2. The Kier molecular flexibility index (Phi) is 5.26. The van der Waals surface area contributed by atoms with Crippen molar-refractivity contribution < 1.29 is 9.59 Å². The average molecular weight is 337 g/mol. The zero-order chi connectivity index (χ0) is 17.8. The first kappa shape index (κ1) is 17.3. The fourth-order valence-electron chi connectivity index (χ4n) is 3.39. The number of hydrogen-bond donors (Lipinski definition) is 2. The maximum Gasteiger partial charge on any atom is 0.238 e. The highest BCUT2D eigenvalue weighted by molar-refractivity contribution is 6.04. The number of amides is 1. The lowest BCUT2D eigenvalue weighted by atomic mass is 9.95. The number of rotatable bonds is 5. The fraction of sp³-hybridized carbons (Fsp3) is 0.300. The van der Waals surface area contributed by atoms with E-state index < -0.39 is 0 Å². The Morgan fingerprint density at radius 1 is 1.08 bits per heavy atom. The summed E-state index contributed by atoms with van der Waals surface area (Å²) in [7, 11) is 0. The highest BCUT2D eigenvalue weighted by Crippen LogP contribution is 2.26. The van der Waals surface area contributed by atoms with Crippen molar-refractivity contribution in [3.63, 3.8) is 0 Å². The number of likely N-dealkylation sites (tertiary alicyclic amines) is 1. The van der Waals surface area contributed by atoms with E-state index in [4.69, 9.17) is 5.73 Å². The first-order chi connectivity index (χ1) is 12.0. The van der Waals surface area contributed by atoms with Crippen molar-refractivity contribution in [2.24, 2.45) is 5.73 Å². The van der Waals surface area contributed by atoms with E-state index in [1.165, 1.54) is 12.5 Å². The number of benzene rings is 2. The van der Waals surface area contributed by atoms with E-state index in [-0.39, 0.29) is 30.2 Å². The van der Waals surface area contributed by atoms with Crippen LogP contribution in [0.3, 0.4) is 0 Å². The third-order valence-corrected chi connectivity index (χ3v) is 4.62. The van der Waals surface area contributed by atoms with Crippen molar-refractivity contribution in [1.29, 1.82) is 0 Å². The zero-order valence-corrected chi connectivity index (χ0v) is 14.3. The molecule has 5 heteroatoms. The van der Waals surface area contributed by atoms with Gasteiger partial charge in [0.25, 0.3) is 0 Å². The third-order valence-electron chi connectivity index (χ3n) is 4.62. The average Bonchev–Trinajstić information content (AvgIpc) is 2.96. The van der Waals surface area contributed by atoms with Gasteiger partial charge in [-0.15, -0.1) is 0 Å². The van der Waals surface area contributed by atoms with Gasteiger partial charge in [-0.1, -0.05) is 42.5 Å². The SMILES string of the molecule is CC(=O)c1ccccc1NC(=O)CN1C[C@@H](N)[C@H](c2ccccc2)C1. The molecule has 1 fully saturated rings. The first-order valence-corrected chi connectivity index (χ1v) is 8.47. The van der Waals surface area contributed by atoms with E-state index in [2.05, 4.69) is 22.3 Å². The van der Waals surface area contributed by atoms with Crippen LogP contribution in [0.2, 0.25) is 0 Å². The predicted octanol–water partition coefficient (Wildman–Crippen LogP) is 2.25. The summed E-state index contributed by atoms with van der Waals surface area (Å²) in [6.45, 7) is 3.20. The summed E-state index contributed by atoms with van der Waals surface area (Å²) in [5.74, 6) is 0.0383. The molecule has 5 nitrogen and oxygen atoms in total. The number of carbonyl (C=O) groups is 2. The Hall–Kier alpha value is -2.50. The molecule has 0 aliphatic carbocycles. The van der Waals surface area contributed by atoms with Crippen molar-refractivity contribution in [1.82, 2.24) is 4.90 Å². The summed E-state index contributed by atoms with van der Waals surface area (Å²) in [5.41, 5.74) is 8.57. The molecule has 0 unspecified atom stereocenters. The minimum Gasteiger partial charge on any atom is -0.326 e. The number of anilines is 1. The molecule has 0 aromatic heterocycles. The molecule has 2 aromatic rings. The van der Waals surface area contributed by atoms with Crippen molar-refractivity contribution in [3.05, 3.63) is 65.7 Å². The summed E-state index contributed by atoms with van der Waals surface area (Å²) in [4.78, 5) is 26.1. The maximum absolute atomic E-state index is 12.4. The normalized spacial score (nSPS) is 20.4. The molecule has 1 aliphatic rings. The molecular weight excluding hydrogens is 314 g/mol. The molecule has 3 rings (SSSR count). The predicted molar refractivity (Wildman–Crippen MR) is 98.7 cm³/mol. The molecule has 1 amide bonds. The van der Waals surface area contributed by atoms with Gasteiger partial charge in [0.15, 0.2) is 5.78 Å². The van der Waals surface area contributed by atoms with E-state index in [9.17, 15) is 9.59 Å². The molecule has 25 heavy (non-hydrogen) atoms. The van der Waals surface area contributed by atoms with Gasteiger partial charge in [-0.2, -0.15) is 0 Å².